The molecule has 2 N–H and O–H groups in total. The van der Waals surface area contributed by atoms with E-state index in [0.717, 1.165) is 6.07 Å². The van der Waals surface area contributed by atoms with Crippen LogP contribution >= 0.6 is 11.6 Å². The van der Waals surface area contributed by atoms with Crippen molar-refractivity contribution >= 4 is 11.6 Å². The number of nitriles is 1. The van der Waals surface area contributed by atoms with Crippen molar-refractivity contribution < 1.29 is 8.78 Å². The SMILES string of the molecule is N#CCc1nc(CN)c(Cl)cc1C(F)F. The second-order valence-electron chi connectivity index (χ2n) is 2.79. The van der Waals surface area contributed by atoms with Gasteiger partial charge < -0.3 is 5.73 Å². The van der Waals surface area contributed by atoms with Crippen LogP contribution < -0.4 is 5.73 Å². The van der Waals surface area contributed by atoms with Gasteiger partial charge in [0.15, 0.2) is 0 Å². The zero-order valence-corrected chi connectivity index (χ0v) is 8.43. The van der Waals surface area contributed by atoms with E-state index in [4.69, 9.17) is 22.6 Å². The molecule has 1 aromatic rings. The van der Waals surface area contributed by atoms with E-state index < -0.39 is 6.43 Å². The molecule has 0 saturated heterocycles. The number of alkyl halides is 2. The van der Waals surface area contributed by atoms with E-state index in [9.17, 15) is 8.78 Å². The smallest absolute Gasteiger partial charge is 0.265 e. The van der Waals surface area contributed by atoms with Gasteiger partial charge in [-0.25, -0.2) is 8.78 Å². The lowest BCUT2D eigenvalue weighted by Crippen LogP contribution is -2.06. The molecule has 0 bridgehead atoms. The molecule has 3 nitrogen and oxygen atoms in total. The summed E-state index contributed by atoms with van der Waals surface area (Å²) in [5.74, 6) is 0. The highest BCUT2D eigenvalue weighted by Crippen LogP contribution is 2.26. The summed E-state index contributed by atoms with van der Waals surface area (Å²) in [5, 5.41) is 8.57. The van der Waals surface area contributed by atoms with Crippen molar-refractivity contribution in [2.45, 2.75) is 19.4 Å². The summed E-state index contributed by atoms with van der Waals surface area (Å²) in [4.78, 5) is 3.84. The molecule has 0 atom stereocenters. The van der Waals surface area contributed by atoms with Crippen molar-refractivity contribution in [1.82, 2.24) is 4.98 Å². The summed E-state index contributed by atoms with van der Waals surface area (Å²) in [6.45, 7) is 0.0563. The van der Waals surface area contributed by atoms with E-state index in [1.54, 1.807) is 6.07 Å². The Morgan fingerprint density at radius 2 is 2.20 bits per heavy atom. The van der Waals surface area contributed by atoms with Gasteiger partial charge in [-0.15, -0.1) is 0 Å². The average molecular weight is 232 g/mol. The minimum atomic E-state index is -2.69. The van der Waals surface area contributed by atoms with Gasteiger partial charge in [-0.2, -0.15) is 5.26 Å². The Labute approximate surface area is 90.5 Å². The van der Waals surface area contributed by atoms with Crippen LogP contribution in [0.5, 0.6) is 0 Å². The Hall–Kier alpha value is -1.25. The number of nitrogens with zero attached hydrogens (tertiary/aromatic N) is 2. The first-order valence-electron chi connectivity index (χ1n) is 4.13. The van der Waals surface area contributed by atoms with E-state index in [1.165, 1.54) is 0 Å². The summed E-state index contributed by atoms with van der Waals surface area (Å²) >= 11 is 5.69. The van der Waals surface area contributed by atoms with Crippen LogP contribution in [0.3, 0.4) is 0 Å². The highest BCUT2D eigenvalue weighted by Gasteiger charge is 2.16. The number of halogens is 3. The third-order valence-electron chi connectivity index (χ3n) is 1.84. The molecule has 0 unspecified atom stereocenters. The predicted molar refractivity (Wildman–Crippen MR) is 51.4 cm³/mol. The highest BCUT2D eigenvalue weighted by atomic mass is 35.5. The summed E-state index contributed by atoms with van der Waals surface area (Å²) in [5.41, 5.74) is 5.38. The van der Waals surface area contributed by atoms with Gasteiger partial charge in [0, 0.05) is 12.1 Å². The maximum atomic E-state index is 12.5. The quantitative estimate of drug-likeness (QED) is 0.867. The van der Waals surface area contributed by atoms with E-state index in [0.29, 0.717) is 5.69 Å². The second-order valence-corrected chi connectivity index (χ2v) is 3.20. The van der Waals surface area contributed by atoms with Gasteiger partial charge in [0.25, 0.3) is 6.43 Å². The van der Waals surface area contributed by atoms with Gasteiger partial charge in [-0.1, -0.05) is 11.6 Å². The summed E-state index contributed by atoms with van der Waals surface area (Å²) in [6.07, 6.45) is -2.87. The van der Waals surface area contributed by atoms with Gasteiger partial charge in [0.1, 0.15) is 0 Å². The van der Waals surface area contributed by atoms with Crippen LogP contribution in [-0.2, 0) is 13.0 Å². The number of hydrogen-bond donors (Lipinski definition) is 1. The fraction of sp³-hybridized carbons (Fsp3) is 0.333. The normalized spacial score (nSPS) is 10.4. The van der Waals surface area contributed by atoms with Crippen LogP contribution in [0.1, 0.15) is 23.4 Å². The van der Waals surface area contributed by atoms with Crippen LogP contribution in [-0.4, -0.2) is 4.98 Å². The molecule has 15 heavy (non-hydrogen) atoms. The standard InChI is InChI=1S/C9H8ClF2N3/c10-6-3-5(9(11)12)7(1-2-13)15-8(6)4-14/h3,9H,1,4,14H2. The molecule has 0 amide bonds. The highest BCUT2D eigenvalue weighted by molar-refractivity contribution is 6.31. The first-order valence-corrected chi connectivity index (χ1v) is 4.51. The molecule has 0 aliphatic rings. The number of pyridine rings is 1. The maximum absolute atomic E-state index is 12.5. The summed E-state index contributed by atoms with van der Waals surface area (Å²) in [7, 11) is 0. The molecule has 1 rings (SSSR count). The molecule has 0 radical (unpaired) electrons. The predicted octanol–water partition coefficient (Wildman–Crippen LogP) is 2.20. The Morgan fingerprint density at radius 3 is 2.67 bits per heavy atom. The molecule has 6 heteroatoms. The molecule has 0 spiro atoms. The zero-order valence-electron chi connectivity index (χ0n) is 7.67. The third kappa shape index (κ3) is 2.61. The average Bonchev–Trinajstić information content (AvgIpc) is 2.20. The van der Waals surface area contributed by atoms with Crippen LogP contribution in [0.15, 0.2) is 6.07 Å². The molecule has 0 aliphatic carbocycles. The van der Waals surface area contributed by atoms with E-state index in [-0.39, 0.29) is 29.2 Å². The Kier molecular flexibility index (Phi) is 3.95. The van der Waals surface area contributed by atoms with Crippen LogP contribution in [0.4, 0.5) is 8.78 Å². The van der Waals surface area contributed by atoms with Gasteiger partial charge in [-0.05, 0) is 6.07 Å². The Bertz CT molecular complexity index is 401. The summed E-state index contributed by atoms with van der Waals surface area (Å²) < 4.78 is 25.1. The Balaban J connectivity index is 3.26. The maximum Gasteiger partial charge on any atom is 0.265 e. The summed E-state index contributed by atoms with van der Waals surface area (Å²) in [6, 6.07) is 2.89. The first-order chi connectivity index (χ1) is 7.10. The minimum absolute atomic E-state index is 0.0392. The number of rotatable bonds is 3. The fourth-order valence-electron chi connectivity index (χ4n) is 1.13. The topological polar surface area (TPSA) is 62.7 Å². The molecular formula is C9H8ClF2N3. The molecule has 0 saturated carbocycles. The lowest BCUT2D eigenvalue weighted by atomic mass is 10.1. The fourth-order valence-corrected chi connectivity index (χ4v) is 1.37. The number of aromatic nitrogens is 1. The molecule has 1 aromatic heterocycles. The van der Waals surface area contributed by atoms with Crippen molar-refractivity contribution in [3.63, 3.8) is 0 Å². The van der Waals surface area contributed by atoms with Gasteiger partial charge in [-0.3, -0.25) is 4.98 Å². The molecule has 1 heterocycles. The molecule has 0 aromatic carbocycles. The van der Waals surface area contributed by atoms with Crippen molar-refractivity contribution in [3.05, 3.63) is 28.0 Å². The van der Waals surface area contributed by atoms with Crippen LogP contribution in [0, 0.1) is 11.3 Å². The lowest BCUT2D eigenvalue weighted by molar-refractivity contribution is 0.150. The second kappa shape index (κ2) is 5.01. The molecule has 0 aliphatic heterocycles. The number of hydrogen-bond acceptors (Lipinski definition) is 3. The van der Waals surface area contributed by atoms with E-state index in [2.05, 4.69) is 4.98 Å². The van der Waals surface area contributed by atoms with Crippen molar-refractivity contribution in [2.75, 3.05) is 0 Å². The molecular weight excluding hydrogens is 224 g/mol. The third-order valence-corrected chi connectivity index (χ3v) is 2.16. The van der Waals surface area contributed by atoms with Gasteiger partial charge in [0.05, 0.1) is 28.9 Å². The lowest BCUT2D eigenvalue weighted by Gasteiger charge is -2.08. The first kappa shape index (κ1) is 11.8. The van der Waals surface area contributed by atoms with Gasteiger partial charge >= 0.3 is 0 Å². The number of nitrogens with two attached hydrogens (primary N) is 1. The van der Waals surface area contributed by atoms with Crippen LogP contribution in [0.25, 0.3) is 0 Å². The minimum Gasteiger partial charge on any atom is -0.325 e. The van der Waals surface area contributed by atoms with Crippen molar-refractivity contribution in [3.8, 4) is 6.07 Å². The van der Waals surface area contributed by atoms with Crippen LogP contribution in [0.2, 0.25) is 5.02 Å². The largest absolute Gasteiger partial charge is 0.325 e. The van der Waals surface area contributed by atoms with Gasteiger partial charge in [0.2, 0.25) is 0 Å². The zero-order chi connectivity index (χ0) is 11.4. The Morgan fingerprint density at radius 1 is 1.53 bits per heavy atom. The van der Waals surface area contributed by atoms with E-state index in [1.807, 2.05) is 0 Å². The van der Waals surface area contributed by atoms with E-state index >= 15 is 0 Å². The molecule has 80 valence electrons. The van der Waals surface area contributed by atoms with Crippen molar-refractivity contribution in [2.24, 2.45) is 5.73 Å². The monoisotopic (exact) mass is 231 g/mol. The van der Waals surface area contributed by atoms with Crippen molar-refractivity contribution in [1.29, 1.82) is 5.26 Å². The molecule has 0 fully saturated rings.